The van der Waals surface area contributed by atoms with Gasteiger partial charge in [0.15, 0.2) is 0 Å². The SMILES string of the molecule is CCCC(=O)CN1CCN(CC)C(C)C1. The molecule has 1 aliphatic rings. The zero-order valence-corrected chi connectivity index (χ0v) is 10.3. The largest absolute Gasteiger partial charge is 0.298 e. The minimum absolute atomic E-state index is 0.398. The molecule has 1 atom stereocenters. The molecule has 0 aromatic heterocycles. The quantitative estimate of drug-likeness (QED) is 0.688. The van der Waals surface area contributed by atoms with E-state index in [4.69, 9.17) is 0 Å². The van der Waals surface area contributed by atoms with Gasteiger partial charge in [0.2, 0.25) is 0 Å². The lowest BCUT2D eigenvalue weighted by atomic mass is 10.1. The lowest BCUT2D eigenvalue weighted by Crippen LogP contribution is -2.52. The third-order valence-corrected chi connectivity index (χ3v) is 3.18. The maximum Gasteiger partial charge on any atom is 0.146 e. The standard InChI is InChI=1S/C12H24N2O/c1-4-6-12(15)10-13-7-8-14(5-2)11(3)9-13/h11H,4-10H2,1-3H3. The molecule has 88 valence electrons. The van der Waals surface area contributed by atoms with Gasteiger partial charge < -0.3 is 0 Å². The van der Waals surface area contributed by atoms with E-state index in [1.54, 1.807) is 0 Å². The number of ketones is 1. The van der Waals surface area contributed by atoms with Crippen LogP contribution >= 0.6 is 0 Å². The highest BCUT2D eigenvalue weighted by molar-refractivity contribution is 5.80. The van der Waals surface area contributed by atoms with Crippen molar-refractivity contribution in [2.75, 3.05) is 32.7 Å². The van der Waals surface area contributed by atoms with Crippen molar-refractivity contribution in [1.29, 1.82) is 0 Å². The molecule has 1 aliphatic heterocycles. The van der Waals surface area contributed by atoms with Crippen LogP contribution in [-0.2, 0) is 4.79 Å². The van der Waals surface area contributed by atoms with Gasteiger partial charge in [-0.25, -0.2) is 0 Å². The lowest BCUT2D eigenvalue weighted by molar-refractivity contribution is -0.120. The van der Waals surface area contributed by atoms with Crippen LogP contribution in [0.2, 0.25) is 0 Å². The summed E-state index contributed by atoms with van der Waals surface area (Å²) in [5.74, 6) is 0.398. The lowest BCUT2D eigenvalue weighted by Gasteiger charge is -2.39. The molecule has 0 aromatic rings. The van der Waals surface area contributed by atoms with Crippen molar-refractivity contribution in [3.05, 3.63) is 0 Å². The van der Waals surface area contributed by atoms with E-state index in [1.807, 2.05) is 0 Å². The number of nitrogens with zero attached hydrogens (tertiary/aromatic N) is 2. The normalized spacial score (nSPS) is 24.3. The number of rotatable bonds is 5. The van der Waals surface area contributed by atoms with Crippen molar-refractivity contribution in [2.24, 2.45) is 0 Å². The molecule has 3 nitrogen and oxygen atoms in total. The number of carbonyl (C=O) groups excluding carboxylic acids is 1. The van der Waals surface area contributed by atoms with Crippen molar-refractivity contribution in [2.45, 2.75) is 39.7 Å². The fourth-order valence-electron chi connectivity index (χ4n) is 2.29. The number of Topliss-reactive ketones (excluding diaryl/α,β-unsaturated/α-hetero) is 1. The van der Waals surface area contributed by atoms with Gasteiger partial charge in [-0.05, 0) is 19.9 Å². The third-order valence-electron chi connectivity index (χ3n) is 3.18. The molecule has 15 heavy (non-hydrogen) atoms. The van der Waals surface area contributed by atoms with E-state index >= 15 is 0 Å². The van der Waals surface area contributed by atoms with Gasteiger partial charge in [-0.3, -0.25) is 14.6 Å². The second kappa shape index (κ2) is 6.23. The Morgan fingerprint density at radius 3 is 2.60 bits per heavy atom. The fourth-order valence-corrected chi connectivity index (χ4v) is 2.29. The van der Waals surface area contributed by atoms with E-state index in [2.05, 4.69) is 30.6 Å². The predicted molar refractivity (Wildman–Crippen MR) is 63.1 cm³/mol. The molecule has 1 saturated heterocycles. The Balaban J connectivity index is 2.31. The Morgan fingerprint density at radius 2 is 2.07 bits per heavy atom. The van der Waals surface area contributed by atoms with Crippen LogP contribution in [0.3, 0.4) is 0 Å². The van der Waals surface area contributed by atoms with Crippen molar-refractivity contribution in [3.63, 3.8) is 0 Å². The smallest absolute Gasteiger partial charge is 0.146 e. The predicted octanol–water partition coefficient (Wildman–Crippen LogP) is 1.38. The Morgan fingerprint density at radius 1 is 1.33 bits per heavy atom. The Hall–Kier alpha value is -0.410. The van der Waals surface area contributed by atoms with Crippen LogP contribution in [0.5, 0.6) is 0 Å². The second-order valence-corrected chi connectivity index (χ2v) is 4.50. The zero-order chi connectivity index (χ0) is 11.3. The fraction of sp³-hybridized carbons (Fsp3) is 0.917. The summed E-state index contributed by atoms with van der Waals surface area (Å²) in [5.41, 5.74) is 0. The van der Waals surface area contributed by atoms with Crippen LogP contribution in [-0.4, -0.2) is 54.3 Å². The molecule has 1 fully saturated rings. The molecular weight excluding hydrogens is 188 g/mol. The van der Waals surface area contributed by atoms with Crippen LogP contribution < -0.4 is 0 Å². The van der Waals surface area contributed by atoms with Crippen LogP contribution in [0.25, 0.3) is 0 Å². The summed E-state index contributed by atoms with van der Waals surface area (Å²) in [7, 11) is 0. The summed E-state index contributed by atoms with van der Waals surface area (Å²) >= 11 is 0. The van der Waals surface area contributed by atoms with Crippen molar-refractivity contribution in [3.8, 4) is 0 Å². The Bertz CT molecular complexity index is 206. The zero-order valence-electron chi connectivity index (χ0n) is 10.3. The first kappa shape index (κ1) is 12.7. The van der Waals surface area contributed by atoms with E-state index < -0.39 is 0 Å². The molecule has 0 radical (unpaired) electrons. The number of piperazine rings is 1. The summed E-state index contributed by atoms with van der Waals surface area (Å²) in [6, 6.07) is 0.596. The van der Waals surface area contributed by atoms with Crippen LogP contribution in [0.15, 0.2) is 0 Å². The van der Waals surface area contributed by atoms with Gasteiger partial charge in [0.05, 0.1) is 6.54 Å². The second-order valence-electron chi connectivity index (χ2n) is 4.50. The number of hydrogen-bond donors (Lipinski definition) is 0. The van der Waals surface area contributed by atoms with Gasteiger partial charge >= 0.3 is 0 Å². The van der Waals surface area contributed by atoms with Crippen molar-refractivity contribution >= 4 is 5.78 Å². The molecule has 0 saturated carbocycles. The highest BCUT2D eigenvalue weighted by Crippen LogP contribution is 2.09. The highest BCUT2D eigenvalue weighted by Gasteiger charge is 2.23. The average Bonchev–Trinajstić information content (AvgIpc) is 2.18. The average molecular weight is 212 g/mol. The summed E-state index contributed by atoms with van der Waals surface area (Å²) < 4.78 is 0. The molecule has 0 bridgehead atoms. The first-order valence-electron chi connectivity index (χ1n) is 6.15. The number of carbonyl (C=O) groups is 1. The molecule has 0 aliphatic carbocycles. The van der Waals surface area contributed by atoms with E-state index in [1.165, 1.54) is 0 Å². The molecule has 0 amide bonds. The third kappa shape index (κ3) is 3.92. The van der Waals surface area contributed by atoms with Gasteiger partial charge in [-0.2, -0.15) is 0 Å². The molecule has 1 rings (SSSR count). The summed E-state index contributed by atoms with van der Waals surface area (Å²) in [6.45, 7) is 11.5. The molecule has 1 heterocycles. The van der Waals surface area contributed by atoms with Crippen molar-refractivity contribution in [1.82, 2.24) is 9.80 Å². The summed E-state index contributed by atoms with van der Waals surface area (Å²) in [4.78, 5) is 16.3. The van der Waals surface area contributed by atoms with Crippen molar-refractivity contribution < 1.29 is 4.79 Å². The van der Waals surface area contributed by atoms with E-state index in [9.17, 15) is 4.79 Å². The Labute approximate surface area is 93.4 Å². The minimum Gasteiger partial charge on any atom is -0.298 e. The molecule has 0 aromatic carbocycles. The highest BCUT2D eigenvalue weighted by atomic mass is 16.1. The maximum absolute atomic E-state index is 11.5. The summed E-state index contributed by atoms with van der Waals surface area (Å²) in [6.07, 6.45) is 1.71. The molecule has 3 heteroatoms. The monoisotopic (exact) mass is 212 g/mol. The van der Waals surface area contributed by atoms with Gasteiger partial charge in [-0.15, -0.1) is 0 Å². The summed E-state index contributed by atoms with van der Waals surface area (Å²) in [5, 5.41) is 0. The molecule has 0 spiro atoms. The molecular formula is C12H24N2O. The van der Waals surface area contributed by atoms with Crippen LogP contribution in [0, 0.1) is 0 Å². The maximum atomic E-state index is 11.5. The van der Waals surface area contributed by atoms with E-state index in [-0.39, 0.29) is 0 Å². The molecule has 1 unspecified atom stereocenters. The van der Waals surface area contributed by atoms with Gasteiger partial charge in [-0.1, -0.05) is 13.8 Å². The first-order chi connectivity index (χ1) is 7.17. The molecule has 0 N–H and O–H groups in total. The van der Waals surface area contributed by atoms with E-state index in [0.29, 0.717) is 18.4 Å². The van der Waals surface area contributed by atoms with Gasteiger partial charge in [0, 0.05) is 32.1 Å². The van der Waals surface area contributed by atoms with E-state index in [0.717, 1.165) is 39.0 Å². The first-order valence-corrected chi connectivity index (χ1v) is 6.15. The van der Waals surface area contributed by atoms with Crippen LogP contribution in [0.1, 0.15) is 33.6 Å². The van der Waals surface area contributed by atoms with Crippen LogP contribution in [0.4, 0.5) is 0 Å². The van der Waals surface area contributed by atoms with Gasteiger partial charge in [0.1, 0.15) is 5.78 Å². The topological polar surface area (TPSA) is 23.6 Å². The van der Waals surface area contributed by atoms with Gasteiger partial charge in [0.25, 0.3) is 0 Å². The Kier molecular flexibility index (Phi) is 5.26. The minimum atomic E-state index is 0.398. The number of hydrogen-bond acceptors (Lipinski definition) is 3. The number of likely N-dealkylation sites (N-methyl/N-ethyl adjacent to an activating group) is 1.